The van der Waals surface area contributed by atoms with Crippen LogP contribution in [0.3, 0.4) is 0 Å². The molecule has 0 unspecified atom stereocenters. The van der Waals surface area contributed by atoms with Crippen molar-refractivity contribution in [3.63, 3.8) is 0 Å². The topological polar surface area (TPSA) is 59.9 Å². The van der Waals surface area contributed by atoms with Crippen molar-refractivity contribution in [3.8, 4) is 11.5 Å². The molecule has 5 nitrogen and oxygen atoms in total. The molecule has 32 heavy (non-hydrogen) atoms. The molecule has 0 radical (unpaired) electrons. The van der Waals surface area contributed by atoms with E-state index < -0.39 is 0 Å². The zero-order chi connectivity index (χ0) is 23.0. The first kappa shape index (κ1) is 23.4. The smallest absolute Gasteiger partial charge is 0.271 e. The molecule has 6 heteroatoms. The SMILES string of the molecule is CC(C)(C)c1ccc(OCCOc2ccc(/C=N/NC(=O)c3cccc(Cl)c3)cc2)cc1. The van der Waals surface area contributed by atoms with Gasteiger partial charge >= 0.3 is 0 Å². The predicted molar refractivity (Wildman–Crippen MR) is 129 cm³/mol. The standard InChI is InChI=1S/C26H27ClN2O3/c1-26(2,3)21-9-13-24(14-10-21)32-16-15-31-23-11-7-19(8-12-23)18-28-29-25(30)20-5-4-6-22(27)17-20/h4-14,17-18H,15-16H2,1-3H3,(H,29,30)/b28-18+. The minimum Gasteiger partial charge on any atom is -0.490 e. The maximum absolute atomic E-state index is 12.0. The first-order valence-electron chi connectivity index (χ1n) is 10.4. The van der Waals surface area contributed by atoms with Crippen molar-refractivity contribution < 1.29 is 14.3 Å². The van der Waals surface area contributed by atoms with E-state index in [1.54, 1.807) is 30.5 Å². The predicted octanol–water partition coefficient (Wildman–Crippen LogP) is 5.86. The number of carbonyl (C=O) groups excluding carboxylic acids is 1. The van der Waals surface area contributed by atoms with Crippen molar-refractivity contribution in [1.29, 1.82) is 0 Å². The Hall–Kier alpha value is -3.31. The van der Waals surface area contributed by atoms with Gasteiger partial charge in [0.2, 0.25) is 0 Å². The van der Waals surface area contributed by atoms with E-state index in [0.717, 1.165) is 17.1 Å². The average Bonchev–Trinajstić information content (AvgIpc) is 2.77. The molecule has 3 aromatic rings. The molecule has 1 N–H and O–H groups in total. The van der Waals surface area contributed by atoms with Gasteiger partial charge in [0.15, 0.2) is 0 Å². The molecule has 0 heterocycles. The van der Waals surface area contributed by atoms with E-state index in [1.165, 1.54) is 5.56 Å². The first-order valence-corrected chi connectivity index (χ1v) is 10.7. The Labute approximate surface area is 194 Å². The molecule has 0 spiro atoms. The molecule has 3 aromatic carbocycles. The van der Waals surface area contributed by atoms with E-state index in [-0.39, 0.29) is 11.3 Å². The molecule has 0 aromatic heterocycles. The van der Waals surface area contributed by atoms with E-state index in [1.807, 2.05) is 36.4 Å². The van der Waals surface area contributed by atoms with Gasteiger partial charge < -0.3 is 9.47 Å². The molecule has 0 aliphatic rings. The van der Waals surface area contributed by atoms with E-state index in [9.17, 15) is 4.79 Å². The lowest BCUT2D eigenvalue weighted by Crippen LogP contribution is -2.17. The lowest BCUT2D eigenvalue weighted by atomic mass is 9.87. The Bertz CT molecular complexity index is 1060. The van der Waals surface area contributed by atoms with Gasteiger partial charge in [0.1, 0.15) is 24.7 Å². The summed E-state index contributed by atoms with van der Waals surface area (Å²) < 4.78 is 11.5. The summed E-state index contributed by atoms with van der Waals surface area (Å²) in [7, 11) is 0. The van der Waals surface area contributed by atoms with Crippen LogP contribution in [0.5, 0.6) is 11.5 Å². The molecular weight excluding hydrogens is 424 g/mol. The highest BCUT2D eigenvalue weighted by Crippen LogP contribution is 2.24. The van der Waals surface area contributed by atoms with Crippen molar-refractivity contribution in [3.05, 3.63) is 94.5 Å². The van der Waals surface area contributed by atoms with Crippen LogP contribution in [0.1, 0.15) is 42.3 Å². The monoisotopic (exact) mass is 450 g/mol. The Morgan fingerprint density at radius 1 is 0.938 bits per heavy atom. The summed E-state index contributed by atoms with van der Waals surface area (Å²) in [4.78, 5) is 12.0. The quantitative estimate of drug-likeness (QED) is 0.265. The number of hydrogen-bond donors (Lipinski definition) is 1. The normalized spacial score (nSPS) is 11.4. The van der Waals surface area contributed by atoms with E-state index >= 15 is 0 Å². The van der Waals surface area contributed by atoms with Crippen molar-refractivity contribution in [2.45, 2.75) is 26.2 Å². The van der Waals surface area contributed by atoms with Crippen LogP contribution in [0.15, 0.2) is 77.9 Å². The molecular formula is C26H27ClN2O3. The van der Waals surface area contributed by atoms with Gasteiger partial charge in [-0.3, -0.25) is 4.79 Å². The van der Waals surface area contributed by atoms with Crippen molar-refractivity contribution in [1.82, 2.24) is 5.43 Å². The third-order valence-electron chi connectivity index (χ3n) is 4.69. The Balaban J connectivity index is 1.40. The number of carbonyl (C=O) groups is 1. The number of nitrogens with one attached hydrogen (secondary N) is 1. The zero-order valence-electron chi connectivity index (χ0n) is 18.5. The van der Waals surface area contributed by atoms with Crippen LogP contribution < -0.4 is 14.9 Å². The van der Waals surface area contributed by atoms with E-state index in [4.69, 9.17) is 21.1 Å². The minimum atomic E-state index is -0.322. The Morgan fingerprint density at radius 2 is 1.53 bits per heavy atom. The highest BCUT2D eigenvalue weighted by Gasteiger charge is 2.12. The molecule has 0 saturated carbocycles. The number of amides is 1. The Kier molecular flexibility index (Phi) is 7.90. The van der Waals surface area contributed by atoms with Crippen LogP contribution in [-0.2, 0) is 5.41 Å². The maximum Gasteiger partial charge on any atom is 0.271 e. The fourth-order valence-corrected chi connectivity index (χ4v) is 3.07. The molecule has 3 rings (SSSR count). The van der Waals surface area contributed by atoms with Gasteiger partial charge in [-0.05, 0) is 71.1 Å². The van der Waals surface area contributed by atoms with Crippen LogP contribution in [0.2, 0.25) is 5.02 Å². The summed E-state index contributed by atoms with van der Waals surface area (Å²) in [6.07, 6.45) is 1.57. The van der Waals surface area contributed by atoms with E-state index in [0.29, 0.717) is 23.8 Å². The molecule has 0 aliphatic heterocycles. The highest BCUT2D eigenvalue weighted by atomic mass is 35.5. The van der Waals surface area contributed by atoms with Crippen LogP contribution in [0.25, 0.3) is 0 Å². The number of hydrazone groups is 1. The fourth-order valence-electron chi connectivity index (χ4n) is 2.88. The lowest BCUT2D eigenvalue weighted by molar-refractivity contribution is 0.0955. The average molecular weight is 451 g/mol. The molecule has 0 aliphatic carbocycles. The summed E-state index contributed by atoms with van der Waals surface area (Å²) in [5.41, 5.74) is 5.16. The minimum absolute atomic E-state index is 0.125. The molecule has 1 amide bonds. The van der Waals surface area contributed by atoms with Gasteiger partial charge in [0, 0.05) is 10.6 Å². The summed E-state index contributed by atoms with van der Waals surface area (Å²) in [6.45, 7) is 7.44. The Morgan fingerprint density at radius 3 is 2.09 bits per heavy atom. The van der Waals surface area contributed by atoms with Gasteiger partial charge in [0.25, 0.3) is 5.91 Å². The first-order chi connectivity index (χ1) is 15.3. The number of rotatable bonds is 8. The summed E-state index contributed by atoms with van der Waals surface area (Å²) >= 11 is 5.89. The van der Waals surface area contributed by atoms with Crippen LogP contribution in [0.4, 0.5) is 0 Å². The molecule has 0 atom stereocenters. The van der Waals surface area contributed by atoms with E-state index in [2.05, 4.69) is 43.4 Å². The second kappa shape index (κ2) is 10.8. The number of nitrogens with zero attached hydrogens (tertiary/aromatic N) is 1. The van der Waals surface area contributed by atoms with Gasteiger partial charge in [-0.2, -0.15) is 5.10 Å². The van der Waals surface area contributed by atoms with Gasteiger partial charge in [0.05, 0.1) is 6.21 Å². The number of benzene rings is 3. The molecule has 0 fully saturated rings. The van der Waals surface area contributed by atoms with Crippen LogP contribution in [-0.4, -0.2) is 25.3 Å². The number of halogens is 1. The third kappa shape index (κ3) is 7.13. The van der Waals surface area contributed by atoms with Gasteiger partial charge in [-0.1, -0.05) is 50.6 Å². The third-order valence-corrected chi connectivity index (χ3v) is 4.92. The van der Waals surface area contributed by atoms with Crippen molar-refractivity contribution >= 4 is 23.7 Å². The largest absolute Gasteiger partial charge is 0.490 e. The second-order valence-electron chi connectivity index (χ2n) is 8.25. The second-order valence-corrected chi connectivity index (χ2v) is 8.69. The zero-order valence-corrected chi connectivity index (χ0v) is 19.2. The molecule has 0 saturated heterocycles. The molecule has 0 bridgehead atoms. The van der Waals surface area contributed by atoms with Gasteiger partial charge in [-0.25, -0.2) is 5.43 Å². The summed E-state index contributed by atoms with van der Waals surface area (Å²) in [5, 5.41) is 4.48. The highest BCUT2D eigenvalue weighted by molar-refractivity contribution is 6.30. The fraction of sp³-hybridized carbons (Fsp3) is 0.231. The van der Waals surface area contributed by atoms with Crippen LogP contribution >= 0.6 is 11.6 Å². The maximum atomic E-state index is 12.0. The van der Waals surface area contributed by atoms with Crippen molar-refractivity contribution in [2.75, 3.05) is 13.2 Å². The summed E-state index contributed by atoms with van der Waals surface area (Å²) in [5.74, 6) is 1.24. The molecule has 166 valence electrons. The van der Waals surface area contributed by atoms with Gasteiger partial charge in [-0.15, -0.1) is 0 Å². The van der Waals surface area contributed by atoms with Crippen LogP contribution in [0, 0.1) is 0 Å². The summed E-state index contributed by atoms with van der Waals surface area (Å²) in [6, 6.07) is 22.2. The number of ether oxygens (including phenoxy) is 2. The number of hydrogen-bond acceptors (Lipinski definition) is 4. The van der Waals surface area contributed by atoms with Crippen molar-refractivity contribution in [2.24, 2.45) is 5.10 Å². The lowest BCUT2D eigenvalue weighted by Gasteiger charge is -2.19.